The molecule has 18 nitrogen and oxygen atoms in total. The summed E-state index contributed by atoms with van der Waals surface area (Å²) < 4.78 is 31.4. The Bertz CT molecular complexity index is 2170. The number of carbonyl (C=O) groups is 7. The normalized spacial score (nSPS) is 13.9. The standard InChI is InChI=1S/C43H54F2N8O8.C2H6O2/c1-42(2,3)38(32-20-27(29-21-28(44)12-13-30(29)45)24-51(32)23-26-10-8-7-9-11-26)48-17-16-31(50-40(59)33(22-34(46)54)53(41(60)61)43(4,5)6)39(58)49-19-18-47-35(55)25-52-36(56)14-15-37(52)57;3-1-2-4/h7-15,20-21,24,31,33,38,48H,16-19,22-23,25H2,1-6H3,(H2,46,54)(H,47,55)(H,49,58)(H,50,59)(H,60,61);3-4H,1-2H2/t31-,33-,38-;/m0./s1. The van der Waals surface area contributed by atoms with Crippen molar-refractivity contribution in [3.8, 4) is 11.1 Å². The molecule has 0 spiro atoms. The number of benzene rings is 2. The monoisotopic (exact) mass is 910 g/mol. The molecule has 2 aromatic carbocycles. The van der Waals surface area contributed by atoms with E-state index in [1.165, 1.54) is 20.8 Å². The Balaban J connectivity index is 0.00000269. The number of primary amides is 1. The fourth-order valence-corrected chi connectivity index (χ4v) is 6.99. The summed E-state index contributed by atoms with van der Waals surface area (Å²) in [5.74, 6) is -5.76. The van der Waals surface area contributed by atoms with E-state index < -0.39 is 95.2 Å². The molecule has 0 saturated carbocycles. The van der Waals surface area contributed by atoms with Crippen LogP contribution in [0.2, 0.25) is 0 Å². The lowest BCUT2D eigenvalue weighted by Gasteiger charge is -2.38. The largest absolute Gasteiger partial charge is 0.465 e. The van der Waals surface area contributed by atoms with Crippen LogP contribution in [0.15, 0.2) is 72.9 Å². The van der Waals surface area contributed by atoms with Crippen molar-refractivity contribution in [1.82, 2.24) is 35.6 Å². The molecule has 1 aliphatic heterocycles. The molecule has 7 amide bonds. The molecule has 0 unspecified atom stereocenters. The fraction of sp³-hybridized carbons (Fsp3) is 0.444. The van der Waals surface area contributed by atoms with Gasteiger partial charge in [0.05, 0.1) is 25.7 Å². The SMILES string of the molecule is CC(C)(C)[C@@H](NCC[C@H](NC(=O)[C@H](CC(N)=O)N(C(=O)O)C(C)(C)C)C(=O)NCCNC(=O)CN1C(=O)C=CC1=O)c1cc(-c2cc(F)ccc2F)cn1Cc1ccccc1.OCCO. The molecule has 3 atom stereocenters. The van der Waals surface area contributed by atoms with Crippen molar-refractivity contribution < 1.29 is 57.7 Å². The van der Waals surface area contributed by atoms with E-state index in [0.717, 1.165) is 45.7 Å². The zero-order valence-corrected chi connectivity index (χ0v) is 37.4. The van der Waals surface area contributed by atoms with Crippen LogP contribution in [0, 0.1) is 17.0 Å². The van der Waals surface area contributed by atoms with Crippen molar-refractivity contribution in [2.24, 2.45) is 11.1 Å². The molecule has 0 aliphatic carbocycles. The molecule has 1 aliphatic rings. The Labute approximate surface area is 376 Å². The minimum absolute atomic E-state index is 0.0701. The smallest absolute Gasteiger partial charge is 0.408 e. The maximum Gasteiger partial charge on any atom is 0.408 e. The molecule has 20 heteroatoms. The van der Waals surface area contributed by atoms with Crippen LogP contribution in [-0.2, 0) is 35.3 Å². The fourth-order valence-electron chi connectivity index (χ4n) is 6.99. The number of hydrogen-bond acceptors (Lipinski definition) is 10. The summed E-state index contributed by atoms with van der Waals surface area (Å²) in [6, 6.07) is 11.1. The predicted molar refractivity (Wildman–Crippen MR) is 235 cm³/mol. The molecule has 0 bridgehead atoms. The number of imide groups is 1. The maximum atomic E-state index is 15.1. The Morgan fingerprint density at radius 3 is 2.00 bits per heavy atom. The van der Waals surface area contributed by atoms with Gasteiger partial charge in [0.25, 0.3) is 11.8 Å². The van der Waals surface area contributed by atoms with E-state index in [2.05, 4.69) is 21.3 Å². The molecular weight excluding hydrogens is 851 g/mol. The second-order valence-electron chi connectivity index (χ2n) is 17.2. The van der Waals surface area contributed by atoms with Crippen molar-refractivity contribution in [3.63, 3.8) is 0 Å². The average Bonchev–Trinajstić information content (AvgIpc) is 3.77. The molecule has 65 heavy (non-hydrogen) atoms. The van der Waals surface area contributed by atoms with E-state index in [0.29, 0.717) is 17.8 Å². The highest BCUT2D eigenvalue weighted by Crippen LogP contribution is 2.37. The third-order valence-electron chi connectivity index (χ3n) is 9.93. The number of carbonyl (C=O) groups excluding carboxylic acids is 6. The zero-order valence-electron chi connectivity index (χ0n) is 37.4. The average molecular weight is 911 g/mol. The topological polar surface area (TPSA) is 266 Å². The highest BCUT2D eigenvalue weighted by atomic mass is 19.1. The summed E-state index contributed by atoms with van der Waals surface area (Å²) >= 11 is 0. The van der Waals surface area contributed by atoms with Crippen LogP contribution in [0.3, 0.4) is 0 Å². The third kappa shape index (κ3) is 15.9. The number of nitrogens with one attached hydrogen (secondary N) is 4. The number of rotatable bonds is 20. The van der Waals surface area contributed by atoms with Gasteiger partial charge < -0.3 is 46.9 Å². The van der Waals surface area contributed by atoms with Gasteiger partial charge in [-0.15, -0.1) is 0 Å². The van der Waals surface area contributed by atoms with Crippen LogP contribution in [0.25, 0.3) is 11.1 Å². The van der Waals surface area contributed by atoms with E-state index in [-0.39, 0.29) is 44.8 Å². The van der Waals surface area contributed by atoms with E-state index >= 15 is 4.39 Å². The number of nitrogens with zero attached hydrogens (tertiary/aromatic N) is 3. The van der Waals surface area contributed by atoms with Gasteiger partial charge in [0.2, 0.25) is 23.6 Å². The maximum absolute atomic E-state index is 15.1. The van der Waals surface area contributed by atoms with Gasteiger partial charge >= 0.3 is 6.09 Å². The minimum Gasteiger partial charge on any atom is -0.465 e. The first-order valence-electron chi connectivity index (χ1n) is 20.8. The number of aliphatic hydroxyl groups excluding tert-OH is 2. The van der Waals surface area contributed by atoms with Crippen molar-refractivity contribution in [3.05, 3.63) is 95.8 Å². The van der Waals surface area contributed by atoms with Gasteiger partial charge in [0.1, 0.15) is 30.3 Å². The predicted octanol–water partition coefficient (Wildman–Crippen LogP) is 2.18. The van der Waals surface area contributed by atoms with Crippen LogP contribution in [-0.4, -0.2) is 128 Å². The van der Waals surface area contributed by atoms with Crippen LogP contribution in [0.1, 0.15) is 71.7 Å². The molecule has 9 N–H and O–H groups in total. The minimum atomic E-state index is -1.60. The number of carboxylic acid groups (broad SMARTS) is 1. The molecule has 0 saturated heterocycles. The van der Waals surface area contributed by atoms with Crippen molar-refractivity contribution in [2.45, 2.75) is 84.6 Å². The summed E-state index contributed by atoms with van der Waals surface area (Å²) in [4.78, 5) is 89.8. The second-order valence-corrected chi connectivity index (χ2v) is 17.2. The van der Waals surface area contributed by atoms with Crippen LogP contribution in [0.5, 0.6) is 0 Å². The Morgan fingerprint density at radius 2 is 1.45 bits per heavy atom. The van der Waals surface area contributed by atoms with Gasteiger partial charge in [0, 0.05) is 60.3 Å². The lowest BCUT2D eigenvalue weighted by molar-refractivity contribution is -0.141. The van der Waals surface area contributed by atoms with Gasteiger partial charge in [-0.1, -0.05) is 51.1 Å². The molecule has 354 valence electrons. The lowest BCUT2D eigenvalue weighted by Crippen LogP contribution is -2.60. The lowest BCUT2D eigenvalue weighted by atomic mass is 9.84. The zero-order chi connectivity index (χ0) is 48.6. The first kappa shape index (κ1) is 52.8. The summed E-state index contributed by atoms with van der Waals surface area (Å²) in [7, 11) is 0. The van der Waals surface area contributed by atoms with Gasteiger partial charge in [-0.05, 0) is 69.0 Å². The Hall–Kier alpha value is -6.51. The van der Waals surface area contributed by atoms with Crippen molar-refractivity contribution in [1.29, 1.82) is 0 Å². The summed E-state index contributed by atoms with van der Waals surface area (Å²) in [5, 5.41) is 36.6. The van der Waals surface area contributed by atoms with Crippen LogP contribution >= 0.6 is 0 Å². The Morgan fingerprint density at radius 1 is 0.831 bits per heavy atom. The Kier molecular flexibility index (Phi) is 19.5. The van der Waals surface area contributed by atoms with Crippen LogP contribution in [0.4, 0.5) is 13.6 Å². The van der Waals surface area contributed by atoms with Crippen LogP contribution < -0.4 is 27.0 Å². The van der Waals surface area contributed by atoms with E-state index in [9.17, 15) is 43.1 Å². The molecular formula is C45H60F2N8O10. The van der Waals surface area contributed by atoms with Gasteiger partial charge in [-0.2, -0.15) is 0 Å². The molecule has 1 aromatic heterocycles. The quantitative estimate of drug-likeness (QED) is 0.0602. The summed E-state index contributed by atoms with van der Waals surface area (Å²) in [6.07, 6.45) is 1.59. The number of hydrogen-bond donors (Lipinski definition) is 8. The summed E-state index contributed by atoms with van der Waals surface area (Å²) in [5.41, 5.74) is 5.94. The van der Waals surface area contributed by atoms with Crippen molar-refractivity contribution >= 4 is 41.5 Å². The van der Waals surface area contributed by atoms with Crippen molar-refractivity contribution in [2.75, 3.05) is 39.4 Å². The highest BCUT2D eigenvalue weighted by molar-refractivity contribution is 6.14. The number of amides is 7. The highest BCUT2D eigenvalue weighted by Gasteiger charge is 2.40. The van der Waals surface area contributed by atoms with Gasteiger partial charge in [-0.3, -0.25) is 38.6 Å². The summed E-state index contributed by atoms with van der Waals surface area (Å²) in [6.45, 7) is 9.94. The van der Waals surface area contributed by atoms with Gasteiger partial charge in [-0.25, -0.2) is 13.6 Å². The molecule has 3 aromatic rings. The van der Waals surface area contributed by atoms with E-state index in [1.54, 1.807) is 12.3 Å². The van der Waals surface area contributed by atoms with E-state index in [4.69, 9.17) is 15.9 Å². The molecule has 0 fully saturated rings. The third-order valence-corrected chi connectivity index (χ3v) is 9.93. The number of nitrogens with two attached hydrogens (primary N) is 1. The molecule has 0 radical (unpaired) electrons. The molecule has 2 heterocycles. The van der Waals surface area contributed by atoms with E-state index in [1.807, 2.05) is 55.7 Å². The molecule has 4 rings (SSSR count). The first-order chi connectivity index (χ1) is 30.5. The number of aromatic nitrogens is 1. The second kappa shape index (κ2) is 24.0. The number of aliphatic hydroxyl groups is 2. The first-order valence-corrected chi connectivity index (χ1v) is 20.8. The number of halogens is 2. The van der Waals surface area contributed by atoms with Gasteiger partial charge in [0.15, 0.2) is 0 Å².